The largest absolute Gasteiger partial charge is 0.350 e. The van der Waals surface area contributed by atoms with Crippen molar-refractivity contribution in [2.75, 3.05) is 0 Å². The Morgan fingerprint density at radius 2 is 2.10 bits per heavy atom. The number of carbonyl (C=O) groups is 1. The van der Waals surface area contributed by atoms with Crippen LogP contribution in [0.2, 0.25) is 5.02 Å². The van der Waals surface area contributed by atoms with E-state index in [-0.39, 0.29) is 23.4 Å². The lowest BCUT2D eigenvalue weighted by atomic mass is 10.1. The summed E-state index contributed by atoms with van der Waals surface area (Å²) in [6.07, 6.45) is 0. The predicted molar refractivity (Wildman–Crippen MR) is 86.9 cm³/mol. The molecule has 1 N–H and O–H groups in total. The lowest BCUT2D eigenvalue weighted by Gasteiger charge is -2.21. The van der Waals surface area contributed by atoms with E-state index in [1.54, 1.807) is 12.1 Å². The summed E-state index contributed by atoms with van der Waals surface area (Å²) in [6.45, 7) is 7.86. The molecular formula is C15H19Cl2N3O. The summed E-state index contributed by atoms with van der Waals surface area (Å²) in [5.74, 6) is 0.591. The number of imidazole rings is 1. The second-order valence-electron chi connectivity index (χ2n) is 6.10. The number of alkyl halides is 1. The van der Waals surface area contributed by atoms with Gasteiger partial charge >= 0.3 is 0 Å². The van der Waals surface area contributed by atoms with Gasteiger partial charge in [0, 0.05) is 10.6 Å². The highest BCUT2D eigenvalue weighted by molar-refractivity contribution is 6.31. The van der Waals surface area contributed by atoms with Gasteiger partial charge in [0.05, 0.1) is 16.4 Å². The Balaban J connectivity index is 2.41. The summed E-state index contributed by atoms with van der Waals surface area (Å²) in [6, 6.07) is 5.42. The molecule has 0 spiro atoms. The molecule has 2 rings (SSSR count). The third-order valence-corrected chi connectivity index (χ3v) is 3.34. The van der Waals surface area contributed by atoms with Crippen LogP contribution in [0.5, 0.6) is 0 Å². The SMILES string of the molecule is CC(Cl)c1nc2cc(Cl)ccc2n1CC(=O)NC(C)(C)C. The molecule has 6 heteroatoms. The van der Waals surface area contributed by atoms with Crippen molar-refractivity contribution >= 4 is 40.1 Å². The molecule has 1 amide bonds. The van der Waals surface area contributed by atoms with E-state index in [0.717, 1.165) is 11.0 Å². The molecule has 0 bridgehead atoms. The first kappa shape index (κ1) is 16.1. The highest BCUT2D eigenvalue weighted by Crippen LogP contribution is 2.26. The van der Waals surface area contributed by atoms with Crippen LogP contribution >= 0.6 is 23.2 Å². The fourth-order valence-electron chi connectivity index (χ4n) is 2.19. The Bertz CT molecular complexity index is 671. The monoisotopic (exact) mass is 327 g/mol. The number of amides is 1. The maximum Gasteiger partial charge on any atom is 0.240 e. The number of hydrogen-bond acceptors (Lipinski definition) is 2. The van der Waals surface area contributed by atoms with Gasteiger partial charge < -0.3 is 9.88 Å². The Labute approximate surface area is 134 Å². The Morgan fingerprint density at radius 1 is 1.43 bits per heavy atom. The van der Waals surface area contributed by atoms with Crippen LogP contribution in [0.3, 0.4) is 0 Å². The molecule has 0 saturated carbocycles. The lowest BCUT2D eigenvalue weighted by Crippen LogP contribution is -2.42. The molecule has 0 radical (unpaired) electrons. The lowest BCUT2D eigenvalue weighted by molar-refractivity contribution is -0.123. The Hall–Kier alpha value is -1.26. The maximum absolute atomic E-state index is 12.2. The van der Waals surface area contributed by atoms with Crippen molar-refractivity contribution in [1.82, 2.24) is 14.9 Å². The van der Waals surface area contributed by atoms with E-state index >= 15 is 0 Å². The van der Waals surface area contributed by atoms with Gasteiger partial charge in [-0.2, -0.15) is 0 Å². The van der Waals surface area contributed by atoms with Crippen LogP contribution in [0.4, 0.5) is 0 Å². The zero-order chi connectivity index (χ0) is 15.8. The zero-order valence-corrected chi connectivity index (χ0v) is 14.1. The number of halogens is 2. The highest BCUT2D eigenvalue weighted by Gasteiger charge is 2.19. The van der Waals surface area contributed by atoms with Crippen molar-refractivity contribution in [3.05, 3.63) is 29.0 Å². The number of aromatic nitrogens is 2. The minimum Gasteiger partial charge on any atom is -0.350 e. The van der Waals surface area contributed by atoms with Crippen molar-refractivity contribution in [1.29, 1.82) is 0 Å². The van der Waals surface area contributed by atoms with E-state index < -0.39 is 0 Å². The van der Waals surface area contributed by atoms with E-state index in [0.29, 0.717) is 10.8 Å². The molecular weight excluding hydrogens is 309 g/mol. The van der Waals surface area contributed by atoms with E-state index in [1.807, 2.05) is 38.3 Å². The third kappa shape index (κ3) is 3.89. The van der Waals surface area contributed by atoms with Crippen molar-refractivity contribution in [2.24, 2.45) is 0 Å². The number of hydrogen-bond donors (Lipinski definition) is 1. The van der Waals surface area contributed by atoms with Gasteiger partial charge in [-0.3, -0.25) is 4.79 Å². The summed E-state index contributed by atoms with van der Waals surface area (Å²) in [4.78, 5) is 16.7. The van der Waals surface area contributed by atoms with Crippen molar-refractivity contribution < 1.29 is 4.79 Å². The van der Waals surface area contributed by atoms with Gasteiger partial charge in [0.15, 0.2) is 0 Å². The van der Waals surface area contributed by atoms with E-state index in [4.69, 9.17) is 23.2 Å². The fourth-order valence-corrected chi connectivity index (χ4v) is 2.53. The molecule has 1 atom stereocenters. The Morgan fingerprint density at radius 3 is 2.67 bits per heavy atom. The maximum atomic E-state index is 12.2. The number of fused-ring (bicyclic) bond motifs is 1. The van der Waals surface area contributed by atoms with Crippen molar-refractivity contribution in [2.45, 2.75) is 45.2 Å². The van der Waals surface area contributed by atoms with Crippen molar-refractivity contribution in [3.63, 3.8) is 0 Å². The first-order valence-corrected chi connectivity index (χ1v) is 7.59. The van der Waals surface area contributed by atoms with Crippen LogP contribution in [0.15, 0.2) is 18.2 Å². The van der Waals surface area contributed by atoms with Crippen LogP contribution in [0, 0.1) is 0 Å². The molecule has 1 aromatic carbocycles. The predicted octanol–water partition coefficient (Wildman–Crippen LogP) is 3.90. The second kappa shape index (κ2) is 5.85. The first-order chi connectivity index (χ1) is 9.67. The quantitative estimate of drug-likeness (QED) is 0.869. The normalized spacial score (nSPS) is 13.4. The van der Waals surface area contributed by atoms with Gasteiger partial charge in [0.2, 0.25) is 5.91 Å². The molecule has 21 heavy (non-hydrogen) atoms. The van der Waals surface area contributed by atoms with Gasteiger partial charge in [0.25, 0.3) is 0 Å². The summed E-state index contributed by atoms with van der Waals surface area (Å²) < 4.78 is 1.84. The number of nitrogens with one attached hydrogen (secondary N) is 1. The van der Waals surface area contributed by atoms with Gasteiger partial charge in [-0.15, -0.1) is 11.6 Å². The molecule has 1 aromatic heterocycles. The molecule has 0 saturated heterocycles. The molecule has 0 aliphatic heterocycles. The van der Waals surface area contributed by atoms with Crippen LogP contribution in [-0.4, -0.2) is 21.0 Å². The molecule has 4 nitrogen and oxygen atoms in total. The Kier molecular flexibility index (Phi) is 4.49. The van der Waals surface area contributed by atoms with Crippen molar-refractivity contribution in [3.8, 4) is 0 Å². The van der Waals surface area contributed by atoms with Gasteiger partial charge in [-0.05, 0) is 45.9 Å². The third-order valence-electron chi connectivity index (χ3n) is 2.91. The summed E-state index contributed by atoms with van der Waals surface area (Å²) in [5.41, 5.74) is 1.32. The van der Waals surface area contributed by atoms with Gasteiger partial charge in [-0.25, -0.2) is 4.98 Å². The molecule has 0 aliphatic rings. The standard InChI is InChI=1S/C15H19Cl2N3O/c1-9(16)14-18-11-7-10(17)5-6-12(11)20(14)8-13(21)19-15(2,3)4/h5-7,9H,8H2,1-4H3,(H,19,21). The van der Waals surface area contributed by atoms with Crippen LogP contribution in [-0.2, 0) is 11.3 Å². The van der Waals surface area contributed by atoms with E-state index in [1.165, 1.54) is 0 Å². The zero-order valence-electron chi connectivity index (χ0n) is 12.6. The average Bonchev–Trinajstić information content (AvgIpc) is 2.64. The molecule has 0 aliphatic carbocycles. The fraction of sp³-hybridized carbons (Fsp3) is 0.467. The van der Waals surface area contributed by atoms with Crippen LogP contribution in [0.25, 0.3) is 11.0 Å². The number of carbonyl (C=O) groups excluding carboxylic acids is 1. The molecule has 114 valence electrons. The smallest absolute Gasteiger partial charge is 0.240 e. The minimum absolute atomic E-state index is 0.0738. The van der Waals surface area contributed by atoms with Gasteiger partial charge in [0.1, 0.15) is 12.4 Å². The average molecular weight is 328 g/mol. The molecule has 1 heterocycles. The first-order valence-electron chi connectivity index (χ1n) is 6.78. The number of rotatable bonds is 3. The highest BCUT2D eigenvalue weighted by atomic mass is 35.5. The summed E-state index contributed by atoms with van der Waals surface area (Å²) in [7, 11) is 0. The van der Waals surface area contributed by atoms with E-state index in [2.05, 4.69) is 10.3 Å². The second-order valence-corrected chi connectivity index (χ2v) is 7.19. The van der Waals surface area contributed by atoms with E-state index in [9.17, 15) is 4.79 Å². The molecule has 1 unspecified atom stereocenters. The van der Waals surface area contributed by atoms with Crippen LogP contribution < -0.4 is 5.32 Å². The molecule has 0 fully saturated rings. The van der Waals surface area contributed by atoms with Gasteiger partial charge in [-0.1, -0.05) is 11.6 Å². The minimum atomic E-state index is -0.293. The van der Waals surface area contributed by atoms with Crippen LogP contribution in [0.1, 0.15) is 38.9 Å². The topological polar surface area (TPSA) is 46.9 Å². The number of benzene rings is 1. The summed E-state index contributed by atoms with van der Waals surface area (Å²) in [5, 5.41) is 3.26. The number of nitrogens with zero attached hydrogens (tertiary/aromatic N) is 2. The molecule has 2 aromatic rings. The summed E-state index contributed by atoms with van der Waals surface area (Å²) >= 11 is 12.2.